The first-order chi connectivity index (χ1) is 10.2. The van der Waals surface area contributed by atoms with Gasteiger partial charge < -0.3 is 0 Å². The molecule has 0 unspecified atom stereocenters. The Morgan fingerprint density at radius 3 is 2.67 bits per heavy atom. The van der Waals surface area contributed by atoms with Crippen LogP contribution in [0.1, 0.15) is 11.1 Å². The second kappa shape index (κ2) is 5.33. The van der Waals surface area contributed by atoms with E-state index < -0.39 is 0 Å². The van der Waals surface area contributed by atoms with Crippen molar-refractivity contribution in [3.05, 3.63) is 51.6 Å². The van der Waals surface area contributed by atoms with E-state index in [9.17, 15) is 0 Å². The maximum atomic E-state index is 9.14. The summed E-state index contributed by atoms with van der Waals surface area (Å²) in [4.78, 5) is 0.963. The van der Waals surface area contributed by atoms with E-state index in [0.29, 0.717) is 27.4 Å². The van der Waals surface area contributed by atoms with Crippen LogP contribution in [0.15, 0.2) is 35.7 Å². The van der Waals surface area contributed by atoms with Gasteiger partial charge >= 0.3 is 0 Å². The van der Waals surface area contributed by atoms with Crippen LogP contribution in [-0.4, -0.2) is 14.8 Å². The van der Waals surface area contributed by atoms with Crippen LogP contribution in [0.25, 0.3) is 16.4 Å². The minimum absolute atomic E-state index is 0.315. The summed E-state index contributed by atoms with van der Waals surface area (Å²) in [6.45, 7) is 0. The number of hydrogen-bond donors (Lipinski definition) is 1. The average molecular weight is 309 g/mol. The Kier molecular flexibility index (Phi) is 3.36. The predicted octanol–water partition coefficient (Wildman–Crippen LogP) is 3.40. The van der Waals surface area contributed by atoms with Crippen molar-refractivity contribution < 1.29 is 0 Å². The molecule has 0 bridgehead atoms. The summed E-state index contributed by atoms with van der Waals surface area (Å²) in [7, 11) is 0. The number of aromatic amines is 1. The molecule has 1 aromatic carbocycles. The maximum absolute atomic E-state index is 9.14. The van der Waals surface area contributed by atoms with Gasteiger partial charge in [-0.25, -0.2) is 0 Å². The number of nitrogens with one attached hydrogen (secondary N) is 1. The van der Waals surface area contributed by atoms with Gasteiger partial charge in [0, 0.05) is 0 Å². The van der Waals surface area contributed by atoms with Crippen molar-refractivity contribution >= 4 is 23.6 Å². The summed E-state index contributed by atoms with van der Waals surface area (Å²) in [5.74, 6) is 0.684. The molecule has 0 saturated carbocycles. The van der Waals surface area contributed by atoms with Gasteiger partial charge in [-0.05, 0) is 41.9 Å². The molecule has 0 aliphatic rings. The number of aromatic nitrogens is 3. The number of hydrogen-bond acceptors (Lipinski definition) is 5. The van der Waals surface area contributed by atoms with Crippen LogP contribution in [0.5, 0.6) is 0 Å². The lowest BCUT2D eigenvalue weighted by Crippen LogP contribution is -1.98. The van der Waals surface area contributed by atoms with Crippen LogP contribution in [0.4, 0.5) is 0 Å². The van der Waals surface area contributed by atoms with E-state index in [1.54, 1.807) is 34.1 Å². The smallest absolute Gasteiger partial charge is 0.200 e. The molecule has 0 atom stereocenters. The van der Waals surface area contributed by atoms with E-state index in [4.69, 9.17) is 22.7 Å². The lowest BCUT2D eigenvalue weighted by molar-refractivity contribution is 1.04. The zero-order valence-electron chi connectivity index (χ0n) is 10.6. The molecular weight excluding hydrogens is 302 g/mol. The zero-order chi connectivity index (χ0) is 14.8. The lowest BCUT2D eigenvalue weighted by atomic mass is 10.1. The Hall–Kier alpha value is -2.74. The first-order valence-electron chi connectivity index (χ1n) is 5.90. The molecule has 0 aliphatic carbocycles. The number of rotatable bonds is 2. The minimum atomic E-state index is 0.315. The van der Waals surface area contributed by atoms with Crippen molar-refractivity contribution in [2.75, 3.05) is 0 Å². The fourth-order valence-corrected chi connectivity index (χ4v) is 2.91. The SMILES string of the molecule is N#Cc1ccc(-n2c(-c3cccs3)n[nH]c2=S)cc1C#N. The molecule has 100 valence electrons. The van der Waals surface area contributed by atoms with Gasteiger partial charge in [0.05, 0.1) is 21.7 Å². The number of nitrogens with zero attached hydrogens (tertiary/aromatic N) is 4. The van der Waals surface area contributed by atoms with Gasteiger partial charge in [0.15, 0.2) is 10.6 Å². The summed E-state index contributed by atoms with van der Waals surface area (Å²) in [5.41, 5.74) is 1.36. The summed E-state index contributed by atoms with van der Waals surface area (Å²) in [5, 5.41) is 27.1. The Morgan fingerprint density at radius 1 is 1.19 bits per heavy atom. The molecule has 0 radical (unpaired) electrons. The van der Waals surface area contributed by atoms with Crippen LogP contribution >= 0.6 is 23.6 Å². The highest BCUT2D eigenvalue weighted by Crippen LogP contribution is 2.26. The Balaban J connectivity index is 2.23. The molecule has 3 rings (SSSR count). The van der Waals surface area contributed by atoms with E-state index in [0.717, 1.165) is 4.88 Å². The van der Waals surface area contributed by atoms with E-state index in [1.165, 1.54) is 0 Å². The highest BCUT2D eigenvalue weighted by atomic mass is 32.1. The van der Waals surface area contributed by atoms with Crippen LogP contribution in [0.3, 0.4) is 0 Å². The number of benzene rings is 1. The third-order valence-electron chi connectivity index (χ3n) is 2.92. The topological polar surface area (TPSA) is 81.2 Å². The molecule has 0 amide bonds. The molecule has 0 fully saturated rings. The van der Waals surface area contributed by atoms with Gasteiger partial charge in [0.1, 0.15) is 12.1 Å². The summed E-state index contributed by atoms with van der Waals surface area (Å²) >= 11 is 6.82. The van der Waals surface area contributed by atoms with Crippen LogP contribution in [0.2, 0.25) is 0 Å². The van der Waals surface area contributed by atoms with Gasteiger partial charge in [-0.3, -0.25) is 9.67 Å². The van der Waals surface area contributed by atoms with Gasteiger partial charge in [-0.2, -0.15) is 15.6 Å². The normalized spacial score (nSPS) is 10.0. The van der Waals surface area contributed by atoms with E-state index >= 15 is 0 Å². The summed E-state index contributed by atoms with van der Waals surface area (Å²) in [6.07, 6.45) is 0. The van der Waals surface area contributed by atoms with Crippen molar-refractivity contribution in [2.45, 2.75) is 0 Å². The summed E-state index contributed by atoms with van der Waals surface area (Å²) < 4.78 is 2.19. The van der Waals surface area contributed by atoms with Crippen LogP contribution < -0.4 is 0 Å². The van der Waals surface area contributed by atoms with E-state index in [1.807, 2.05) is 29.7 Å². The van der Waals surface area contributed by atoms with Crippen molar-refractivity contribution in [2.24, 2.45) is 0 Å². The van der Waals surface area contributed by atoms with Crippen LogP contribution in [0, 0.1) is 27.4 Å². The van der Waals surface area contributed by atoms with Gasteiger partial charge in [0.25, 0.3) is 0 Å². The standard InChI is InChI=1S/C14H7N5S2/c15-7-9-3-4-11(6-10(9)8-16)19-13(17-18-14(19)20)12-2-1-5-21-12/h1-6H,(H,18,20). The van der Waals surface area contributed by atoms with Gasteiger partial charge in [-0.15, -0.1) is 11.3 Å². The number of nitriles is 2. The lowest BCUT2D eigenvalue weighted by Gasteiger charge is -2.06. The first kappa shape index (κ1) is 13.3. The fourth-order valence-electron chi connectivity index (χ4n) is 1.97. The van der Waals surface area contributed by atoms with Crippen LogP contribution in [-0.2, 0) is 0 Å². The van der Waals surface area contributed by atoms with E-state index in [2.05, 4.69) is 10.2 Å². The molecule has 2 heterocycles. The highest BCUT2D eigenvalue weighted by molar-refractivity contribution is 7.71. The Bertz CT molecular complexity index is 935. The highest BCUT2D eigenvalue weighted by Gasteiger charge is 2.13. The van der Waals surface area contributed by atoms with Crippen molar-refractivity contribution in [1.29, 1.82) is 10.5 Å². The molecular formula is C14H7N5S2. The third-order valence-corrected chi connectivity index (χ3v) is 4.06. The fraction of sp³-hybridized carbons (Fsp3) is 0. The maximum Gasteiger partial charge on any atom is 0.200 e. The molecule has 5 nitrogen and oxygen atoms in total. The average Bonchev–Trinajstić information content (AvgIpc) is 3.15. The van der Waals surface area contributed by atoms with Crippen molar-refractivity contribution in [1.82, 2.24) is 14.8 Å². The Morgan fingerprint density at radius 2 is 2.00 bits per heavy atom. The van der Waals surface area contributed by atoms with Gasteiger partial charge in [-0.1, -0.05) is 6.07 Å². The quantitative estimate of drug-likeness (QED) is 0.736. The second-order valence-corrected chi connectivity index (χ2v) is 5.45. The molecule has 0 aliphatic heterocycles. The molecule has 7 heteroatoms. The van der Waals surface area contributed by atoms with E-state index in [-0.39, 0.29) is 0 Å². The molecule has 21 heavy (non-hydrogen) atoms. The largest absolute Gasteiger partial charge is 0.267 e. The monoisotopic (exact) mass is 309 g/mol. The first-order valence-corrected chi connectivity index (χ1v) is 7.19. The number of thiophene rings is 1. The molecule has 1 N–H and O–H groups in total. The van der Waals surface area contributed by atoms with Crippen molar-refractivity contribution in [3.8, 4) is 28.5 Å². The second-order valence-electron chi connectivity index (χ2n) is 4.12. The van der Waals surface area contributed by atoms with Gasteiger partial charge in [0.2, 0.25) is 0 Å². The minimum Gasteiger partial charge on any atom is -0.267 e. The molecule has 0 spiro atoms. The molecule has 3 aromatic rings. The Labute approximate surface area is 129 Å². The zero-order valence-corrected chi connectivity index (χ0v) is 12.2. The third kappa shape index (κ3) is 2.25. The van der Waals surface area contributed by atoms with Crippen molar-refractivity contribution in [3.63, 3.8) is 0 Å². The number of H-pyrrole nitrogens is 1. The molecule has 0 saturated heterocycles. The molecule has 2 aromatic heterocycles. The predicted molar refractivity (Wildman–Crippen MR) is 81.5 cm³/mol. The summed E-state index contributed by atoms with van der Waals surface area (Å²) in [6, 6.07) is 12.9.